The molecule has 10 heteroatoms. The van der Waals surface area contributed by atoms with Crippen LogP contribution in [-0.4, -0.2) is 41.6 Å². The third kappa shape index (κ3) is 4.68. The molecule has 2 rings (SSSR count). The van der Waals surface area contributed by atoms with Crippen molar-refractivity contribution in [2.45, 2.75) is 33.6 Å². The molecule has 0 aromatic heterocycles. The van der Waals surface area contributed by atoms with Gasteiger partial charge >= 0.3 is 11.9 Å². The van der Waals surface area contributed by atoms with Crippen molar-refractivity contribution >= 4 is 29.2 Å². The Balaban J connectivity index is 2.96. The number of benzene rings is 1. The van der Waals surface area contributed by atoms with E-state index >= 15 is 0 Å². The molecule has 0 radical (unpaired) electrons. The third-order valence-electron chi connectivity index (χ3n) is 4.53. The Morgan fingerprint density at radius 1 is 0.935 bits per heavy atom. The van der Waals surface area contributed by atoms with Gasteiger partial charge in [-0.2, -0.15) is 0 Å². The molecule has 1 aliphatic heterocycles. The first-order chi connectivity index (χ1) is 14.6. The number of hydrogen-bond acceptors (Lipinski definition) is 9. The van der Waals surface area contributed by atoms with Gasteiger partial charge in [0.25, 0.3) is 5.69 Å². The maximum atomic E-state index is 12.6. The number of esters is 2. The number of Topliss-reactive ketones (excluding diaryl/α,β-unsaturated/α-hetero) is 2. The van der Waals surface area contributed by atoms with Crippen LogP contribution in [-0.2, 0) is 28.7 Å². The Morgan fingerprint density at radius 3 is 1.77 bits per heavy atom. The van der Waals surface area contributed by atoms with Gasteiger partial charge in [0.2, 0.25) is 0 Å². The van der Waals surface area contributed by atoms with E-state index < -0.39 is 34.3 Å². The van der Waals surface area contributed by atoms with Gasteiger partial charge in [0.15, 0.2) is 11.6 Å². The molecule has 0 amide bonds. The van der Waals surface area contributed by atoms with Gasteiger partial charge in [-0.05, 0) is 27.7 Å². The number of hydrogen-bond donors (Lipinski definition) is 1. The molecule has 1 aromatic rings. The van der Waals surface area contributed by atoms with Crippen LogP contribution in [0.5, 0.6) is 0 Å². The number of carbonyl (C=O) groups excluding carboxylic acids is 4. The predicted octanol–water partition coefficient (Wildman–Crippen LogP) is 2.09. The molecule has 10 nitrogen and oxygen atoms in total. The van der Waals surface area contributed by atoms with E-state index in [2.05, 4.69) is 5.32 Å². The van der Waals surface area contributed by atoms with Crippen molar-refractivity contribution in [2.24, 2.45) is 0 Å². The van der Waals surface area contributed by atoms with Crippen LogP contribution in [0.15, 0.2) is 46.8 Å². The molecular formula is C21H22N2O8. The average Bonchev–Trinajstić information content (AvgIpc) is 2.72. The van der Waals surface area contributed by atoms with Crippen molar-refractivity contribution in [3.05, 3.63) is 62.5 Å². The smallest absolute Gasteiger partial charge is 0.355 e. The standard InChI is InChI=1S/C21H22N2O8/c1-5-30-20(26)18-15(11(3)24)17(13-9-7-8-10-14(13)23(28)29)16(12(4)25)19(22-18)21(27)31-6-2/h7-10,17,22H,5-6H2,1-4H3. The summed E-state index contributed by atoms with van der Waals surface area (Å²) >= 11 is 0. The van der Waals surface area contributed by atoms with Crippen molar-refractivity contribution in [1.82, 2.24) is 5.32 Å². The van der Waals surface area contributed by atoms with Crippen LogP contribution < -0.4 is 5.32 Å². The third-order valence-corrected chi connectivity index (χ3v) is 4.53. The number of nitro groups is 1. The fourth-order valence-corrected chi connectivity index (χ4v) is 3.39. The van der Waals surface area contributed by atoms with Gasteiger partial charge < -0.3 is 14.8 Å². The number of ether oxygens (including phenoxy) is 2. The Bertz CT molecular complexity index is 970. The van der Waals surface area contributed by atoms with Gasteiger partial charge in [0.05, 0.1) is 24.1 Å². The number of nitrogens with one attached hydrogen (secondary N) is 1. The van der Waals surface area contributed by atoms with Crippen molar-refractivity contribution < 1.29 is 33.6 Å². The Kier molecular flexibility index (Phi) is 7.41. The largest absolute Gasteiger partial charge is 0.461 e. The highest BCUT2D eigenvalue weighted by Gasteiger charge is 2.42. The zero-order chi connectivity index (χ0) is 23.3. The zero-order valence-electron chi connectivity index (χ0n) is 17.5. The lowest BCUT2D eigenvalue weighted by atomic mass is 9.76. The number of allylic oxidation sites excluding steroid dienone is 2. The summed E-state index contributed by atoms with van der Waals surface area (Å²) in [6.07, 6.45) is 0. The van der Waals surface area contributed by atoms with Crippen molar-refractivity contribution in [1.29, 1.82) is 0 Å². The summed E-state index contributed by atoms with van der Waals surface area (Å²) in [6.45, 7) is 5.37. The molecule has 1 aliphatic rings. The maximum Gasteiger partial charge on any atom is 0.355 e. The quantitative estimate of drug-likeness (QED) is 0.372. The van der Waals surface area contributed by atoms with Gasteiger partial charge in [-0.25, -0.2) is 9.59 Å². The molecule has 0 spiro atoms. The first-order valence-electron chi connectivity index (χ1n) is 9.50. The van der Waals surface area contributed by atoms with Crippen LogP contribution in [0.3, 0.4) is 0 Å². The van der Waals surface area contributed by atoms with Crippen LogP contribution in [0.1, 0.15) is 39.2 Å². The fraction of sp³-hybridized carbons (Fsp3) is 0.333. The number of carbonyl (C=O) groups is 4. The number of nitro benzene ring substituents is 1. The monoisotopic (exact) mass is 430 g/mol. The van der Waals surface area contributed by atoms with Crippen LogP contribution in [0.25, 0.3) is 0 Å². The lowest BCUT2D eigenvalue weighted by Crippen LogP contribution is -2.38. The second-order valence-corrected chi connectivity index (χ2v) is 6.50. The average molecular weight is 430 g/mol. The molecule has 1 N–H and O–H groups in total. The molecule has 0 aliphatic carbocycles. The lowest BCUT2D eigenvalue weighted by Gasteiger charge is -2.30. The number of rotatable bonds is 8. The molecule has 0 bridgehead atoms. The summed E-state index contributed by atoms with van der Waals surface area (Å²) in [6, 6.07) is 5.50. The molecule has 0 saturated carbocycles. The van der Waals surface area contributed by atoms with Gasteiger partial charge in [-0.1, -0.05) is 18.2 Å². The van der Waals surface area contributed by atoms with E-state index in [9.17, 15) is 29.3 Å². The summed E-state index contributed by atoms with van der Waals surface area (Å²) in [7, 11) is 0. The van der Waals surface area contributed by atoms with Crippen LogP contribution in [0.4, 0.5) is 5.69 Å². The number of dihydropyridines is 1. The van der Waals surface area contributed by atoms with E-state index in [-0.39, 0.29) is 47.0 Å². The summed E-state index contributed by atoms with van der Waals surface area (Å²) in [4.78, 5) is 61.5. The molecule has 0 unspecified atom stereocenters. The highest BCUT2D eigenvalue weighted by molar-refractivity contribution is 6.12. The zero-order valence-corrected chi connectivity index (χ0v) is 17.5. The summed E-state index contributed by atoms with van der Waals surface area (Å²) in [5.41, 5.74) is -1.57. The van der Waals surface area contributed by atoms with E-state index in [0.29, 0.717) is 0 Å². The molecule has 1 heterocycles. The maximum absolute atomic E-state index is 12.6. The normalized spacial score (nSPS) is 14.1. The predicted molar refractivity (Wildman–Crippen MR) is 108 cm³/mol. The van der Waals surface area contributed by atoms with Crippen molar-refractivity contribution in [3.8, 4) is 0 Å². The number of ketones is 2. The minimum absolute atomic E-state index is 0.0204. The van der Waals surface area contributed by atoms with Crippen LogP contribution in [0.2, 0.25) is 0 Å². The SMILES string of the molecule is CCOC(=O)C1=C(C(C)=O)C(c2ccccc2[N+](=O)[O-])C(C(C)=O)=C(C(=O)OCC)N1. The van der Waals surface area contributed by atoms with Crippen molar-refractivity contribution in [3.63, 3.8) is 0 Å². The van der Waals surface area contributed by atoms with Gasteiger partial charge in [0, 0.05) is 22.8 Å². The van der Waals surface area contributed by atoms with Gasteiger partial charge in [-0.3, -0.25) is 19.7 Å². The topological polar surface area (TPSA) is 142 Å². The van der Waals surface area contributed by atoms with Gasteiger partial charge in [0.1, 0.15) is 11.4 Å². The first-order valence-corrected chi connectivity index (χ1v) is 9.50. The molecule has 1 aromatic carbocycles. The molecule has 0 saturated heterocycles. The van der Waals surface area contributed by atoms with E-state index in [0.717, 1.165) is 13.8 Å². The lowest BCUT2D eigenvalue weighted by molar-refractivity contribution is -0.385. The summed E-state index contributed by atoms with van der Waals surface area (Å²) in [5, 5.41) is 14.2. The van der Waals surface area contributed by atoms with Crippen LogP contribution in [0, 0.1) is 10.1 Å². The van der Waals surface area contributed by atoms with Crippen molar-refractivity contribution in [2.75, 3.05) is 13.2 Å². The summed E-state index contributed by atoms with van der Waals surface area (Å²) < 4.78 is 10.0. The van der Waals surface area contributed by atoms with Gasteiger partial charge in [-0.15, -0.1) is 0 Å². The molecule has 31 heavy (non-hydrogen) atoms. The highest BCUT2D eigenvalue weighted by atomic mass is 16.6. The minimum Gasteiger partial charge on any atom is -0.461 e. The number of nitrogens with zero attached hydrogens (tertiary/aromatic N) is 1. The summed E-state index contributed by atoms with van der Waals surface area (Å²) in [5.74, 6) is -4.49. The van der Waals surface area contributed by atoms with E-state index in [1.807, 2.05) is 0 Å². The molecule has 164 valence electrons. The Hall–Kier alpha value is -3.82. The van der Waals surface area contributed by atoms with E-state index in [1.165, 1.54) is 24.3 Å². The Labute approximate surface area is 178 Å². The second kappa shape index (κ2) is 9.79. The molecular weight excluding hydrogens is 408 g/mol. The molecule has 0 atom stereocenters. The van der Waals surface area contributed by atoms with Crippen LogP contribution >= 0.6 is 0 Å². The first kappa shape index (κ1) is 23.5. The van der Waals surface area contributed by atoms with E-state index in [1.54, 1.807) is 13.8 Å². The second-order valence-electron chi connectivity index (χ2n) is 6.50. The Morgan fingerprint density at radius 2 is 1.39 bits per heavy atom. The fourth-order valence-electron chi connectivity index (χ4n) is 3.39. The number of para-hydroxylation sites is 1. The minimum atomic E-state index is -1.35. The van der Waals surface area contributed by atoms with E-state index in [4.69, 9.17) is 9.47 Å². The molecule has 0 fully saturated rings. The highest BCUT2D eigenvalue weighted by Crippen LogP contribution is 2.42.